The van der Waals surface area contributed by atoms with Gasteiger partial charge in [-0.05, 0) is 18.2 Å². The fourth-order valence-electron chi connectivity index (χ4n) is 1.41. The van der Waals surface area contributed by atoms with Crippen LogP contribution in [0.2, 0.25) is 0 Å². The van der Waals surface area contributed by atoms with E-state index in [1.54, 1.807) is 6.07 Å². The molecule has 2 rings (SSSR count). The summed E-state index contributed by atoms with van der Waals surface area (Å²) in [6, 6.07) is 4.29. The molecule has 0 unspecified atom stereocenters. The normalized spacial score (nSPS) is 10.6. The number of allylic oxidation sites excluding steroid dienone is 1. The Morgan fingerprint density at radius 3 is 3.00 bits per heavy atom. The summed E-state index contributed by atoms with van der Waals surface area (Å²) in [5, 5.41) is 9.70. The van der Waals surface area contributed by atoms with Crippen molar-refractivity contribution in [3.8, 4) is 0 Å². The van der Waals surface area contributed by atoms with Crippen molar-refractivity contribution in [2.24, 2.45) is 0 Å². The summed E-state index contributed by atoms with van der Waals surface area (Å²) >= 11 is 0. The SMILES string of the molecule is C=C(O)Cc1coc2ccc(F)cc12. The molecule has 1 aromatic carbocycles. The lowest BCUT2D eigenvalue weighted by Gasteiger charge is -1.95. The fourth-order valence-corrected chi connectivity index (χ4v) is 1.41. The summed E-state index contributed by atoms with van der Waals surface area (Å²) in [5.74, 6) is -0.277. The van der Waals surface area contributed by atoms with Crippen molar-refractivity contribution < 1.29 is 13.9 Å². The Morgan fingerprint density at radius 1 is 1.50 bits per heavy atom. The Balaban J connectivity index is 2.55. The number of aliphatic hydroxyl groups excluding tert-OH is 1. The van der Waals surface area contributed by atoms with Crippen LogP contribution < -0.4 is 0 Å². The Labute approximate surface area is 80.3 Å². The van der Waals surface area contributed by atoms with Gasteiger partial charge in [0.15, 0.2) is 0 Å². The van der Waals surface area contributed by atoms with Crippen LogP contribution in [0.1, 0.15) is 5.56 Å². The van der Waals surface area contributed by atoms with Gasteiger partial charge in [-0.25, -0.2) is 4.39 Å². The molecule has 14 heavy (non-hydrogen) atoms. The van der Waals surface area contributed by atoms with E-state index in [1.807, 2.05) is 0 Å². The Morgan fingerprint density at radius 2 is 2.29 bits per heavy atom. The molecule has 0 bridgehead atoms. The van der Waals surface area contributed by atoms with Gasteiger partial charge in [-0.2, -0.15) is 0 Å². The van der Waals surface area contributed by atoms with Crippen LogP contribution in [0, 0.1) is 5.82 Å². The van der Waals surface area contributed by atoms with Crippen molar-refractivity contribution in [2.75, 3.05) is 0 Å². The Kier molecular flexibility index (Phi) is 2.00. The molecule has 1 aromatic heterocycles. The van der Waals surface area contributed by atoms with E-state index in [9.17, 15) is 4.39 Å². The fraction of sp³-hybridized carbons (Fsp3) is 0.0909. The van der Waals surface area contributed by atoms with Crippen LogP contribution in [0.5, 0.6) is 0 Å². The minimum atomic E-state index is -0.316. The van der Waals surface area contributed by atoms with E-state index in [0.29, 0.717) is 11.0 Å². The molecule has 72 valence electrons. The molecular weight excluding hydrogens is 183 g/mol. The van der Waals surface area contributed by atoms with Crippen LogP contribution in [0.3, 0.4) is 0 Å². The van der Waals surface area contributed by atoms with Gasteiger partial charge < -0.3 is 9.52 Å². The third-order valence-corrected chi connectivity index (χ3v) is 2.01. The number of hydrogen-bond donors (Lipinski definition) is 1. The lowest BCUT2D eigenvalue weighted by atomic mass is 10.1. The highest BCUT2D eigenvalue weighted by Crippen LogP contribution is 2.23. The quantitative estimate of drug-likeness (QED) is 0.741. The monoisotopic (exact) mass is 192 g/mol. The highest BCUT2D eigenvalue weighted by molar-refractivity contribution is 5.81. The summed E-state index contributed by atoms with van der Waals surface area (Å²) in [7, 11) is 0. The number of furan rings is 1. The van der Waals surface area contributed by atoms with Crippen molar-refractivity contribution in [1.82, 2.24) is 0 Å². The van der Waals surface area contributed by atoms with E-state index >= 15 is 0 Å². The van der Waals surface area contributed by atoms with Gasteiger partial charge in [-0.1, -0.05) is 6.58 Å². The molecule has 2 nitrogen and oxygen atoms in total. The van der Waals surface area contributed by atoms with Gasteiger partial charge >= 0.3 is 0 Å². The molecule has 0 radical (unpaired) electrons. The van der Waals surface area contributed by atoms with Crippen molar-refractivity contribution in [1.29, 1.82) is 0 Å². The minimum absolute atomic E-state index is 0.0389. The molecule has 3 heteroatoms. The van der Waals surface area contributed by atoms with Gasteiger partial charge in [0.1, 0.15) is 11.4 Å². The number of aliphatic hydroxyl groups is 1. The van der Waals surface area contributed by atoms with Crippen molar-refractivity contribution in [3.05, 3.63) is 48.2 Å². The summed E-state index contributed by atoms with van der Waals surface area (Å²) < 4.78 is 18.1. The van der Waals surface area contributed by atoms with Crippen LogP contribution in [-0.4, -0.2) is 5.11 Å². The molecule has 0 aliphatic heterocycles. The highest BCUT2D eigenvalue weighted by atomic mass is 19.1. The first kappa shape index (κ1) is 8.81. The lowest BCUT2D eigenvalue weighted by molar-refractivity contribution is 0.401. The molecule has 0 amide bonds. The molecule has 0 fully saturated rings. The Bertz CT molecular complexity index is 485. The largest absolute Gasteiger partial charge is 0.513 e. The summed E-state index contributed by atoms with van der Waals surface area (Å²) in [5.41, 5.74) is 1.36. The van der Waals surface area contributed by atoms with E-state index in [2.05, 4.69) is 6.58 Å². The average molecular weight is 192 g/mol. The molecule has 0 spiro atoms. The maximum absolute atomic E-state index is 12.9. The molecule has 1 N–H and O–H groups in total. The maximum atomic E-state index is 12.9. The molecule has 0 atom stereocenters. The number of hydrogen-bond acceptors (Lipinski definition) is 2. The summed E-state index contributed by atoms with van der Waals surface area (Å²) in [6.45, 7) is 3.38. The number of rotatable bonds is 2. The standard InChI is InChI=1S/C11H9FO2/c1-7(13)4-8-6-14-11-3-2-9(12)5-10(8)11/h2-3,5-6,13H,1,4H2. The molecular formula is C11H9FO2. The van der Waals surface area contributed by atoms with Gasteiger partial charge in [0, 0.05) is 17.4 Å². The van der Waals surface area contributed by atoms with Crippen molar-refractivity contribution in [3.63, 3.8) is 0 Å². The van der Waals surface area contributed by atoms with E-state index in [-0.39, 0.29) is 18.0 Å². The van der Waals surface area contributed by atoms with E-state index in [4.69, 9.17) is 9.52 Å². The zero-order valence-corrected chi connectivity index (χ0v) is 7.46. The lowest BCUT2D eigenvalue weighted by Crippen LogP contribution is -1.85. The van der Waals surface area contributed by atoms with Crippen molar-refractivity contribution >= 4 is 11.0 Å². The van der Waals surface area contributed by atoms with Gasteiger partial charge in [-0.15, -0.1) is 0 Å². The highest BCUT2D eigenvalue weighted by Gasteiger charge is 2.07. The zero-order chi connectivity index (χ0) is 10.1. The van der Waals surface area contributed by atoms with Crippen LogP contribution >= 0.6 is 0 Å². The second-order valence-corrected chi connectivity index (χ2v) is 3.14. The van der Waals surface area contributed by atoms with E-state index in [0.717, 1.165) is 5.56 Å². The van der Waals surface area contributed by atoms with Crippen molar-refractivity contribution in [2.45, 2.75) is 6.42 Å². The second-order valence-electron chi connectivity index (χ2n) is 3.14. The average Bonchev–Trinajstić information content (AvgIpc) is 2.47. The predicted octanol–water partition coefficient (Wildman–Crippen LogP) is 3.19. The Hall–Kier alpha value is -1.77. The first-order valence-electron chi connectivity index (χ1n) is 4.19. The molecule has 1 heterocycles. The molecule has 2 aromatic rings. The van der Waals surface area contributed by atoms with E-state index in [1.165, 1.54) is 18.4 Å². The smallest absolute Gasteiger partial charge is 0.134 e. The molecule has 0 saturated heterocycles. The molecule has 0 aliphatic carbocycles. The van der Waals surface area contributed by atoms with Gasteiger partial charge in [0.2, 0.25) is 0 Å². The van der Waals surface area contributed by atoms with Crippen LogP contribution in [-0.2, 0) is 6.42 Å². The topological polar surface area (TPSA) is 33.4 Å². The molecule has 0 aliphatic rings. The second kappa shape index (κ2) is 3.18. The predicted molar refractivity (Wildman–Crippen MR) is 51.6 cm³/mol. The van der Waals surface area contributed by atoms with Crippen LogP contribution in [0.25, 0.3) is 11.0 Å². The molecule has 0 saturated carbocycles. The van der Waals surface area contributed by atoms with Gasteiger partial charge in [0.05, 0.1) is 12.0 Å². The van der Waals surface area contributed by atoms with Crippen LogP contribution in [0.15, 0.2) is 41.2 Å². The number of benzene rings is 1. The van der Waals surface area contributed by atoms with Crippen LogP contribution in [0.4, 0.5) is 4.39 Å². The van der Waals surface area contributed by atoms with Gasteiger partial charge in [0.25, 0.3) is 0 Å². The minimum Gasteiger partial charge on any atom is -0.513 e. The third kappa shape index (κ3) is 1.48. The third-order valence-electron chi connectivity index (χ3n) is 2.01. The van der Waals surface area contributed by atoms with Gasteiger partial charge in [-0.3, -0.25) is 0 Å². The van der Waals surface area contributed by atoms with E-state index < -0.39 is 0 Å². The maximum Gasteiger partial charge on any atom is 0.134 e. The number of halogens is 1. The summed E-state index contributed by atoms with van der Waals surface area (Å²) in [6.07, 6.45) is 1.79. The summed E-state index contributed by atoms with van der Waals surface area (Å²) in [4.78, 5) is 0. The number of fused-ring (bicyclic) bond motifs is 1. The first-order valence-corrected chi connectivity index (χ1v) is 4.19. The zero-order valence-electron chi connectivity index (χ0n) is 7.46. The first-order chi connectivity index (χ1) is 6.66.